The van der Waals surface area contributed by atoms with E-state index in [1.165, 1.54) is 6.08 Å². The summed E-state index contributed by atoms with van der Waals surface area (Å²) in [5.74, 6) is -2.82. The van der Waals surface area contributed by atoms with Crippen molar-refractivity contribution in [2.45, 2.75) is 44.9 Å². The first-order valence-electron chi connectivity index (χ1n) is 5.79. The van der Waals surface area contributed by atoms with Gasteiger partial charge in [-0.2, -0.15) is 0 Å². The lowest BCUT2D eigenvalue weighted by Crippen LogP contribution is -2.02. The lowest BCUT2D eigenvalue weighted by atomic mass is 10.1. The van der Waals surface area contributed by atoms with E-state index in [1.807, 2.05) is 0 Å². The first kappa shape index (κ1) is 16.1. The van der Waals surface area contributed by atoms with Gasteiger partial charge < -0.3 is 15.3 Å². The van der Waals surface area contributed by atoms with Gasteiger partial charge in [-0.15, -0.1) is 0 Å². The zero-order chi connectivity index (χ0) is 14.0. The molecule has 0 aromatic carbocycles. The van der Waals surface area contributed by atoms with Gasteiger partial charge in [-0.05, 0) is 32.1 Å². The Morgan fingerprint density at radius 1 is 0.778 bits per heavy atom. The van der Waals surface area contributed by atoms with E-state index in [0.717, 1.165) is 0 Å². The number of unbranched alkanes of at least 4 members (excludes halogenated alkanes) is 2. The molecule has 6 nitrogen and oxygen atoms in total. The van der Waals surface area contributed by atoms with E-state index < -0.39 is 17.9 Å². The van der Waals surface area contributed by atoms with Crippen LogP contribution in [0.25, 0.3) is 0 Å². The van der Waals surface area contributed by atoms with E-state index >= 15 is 0 Å². The topological polar surface area (TPSA) is 112 Å². The largest absolute Gasteiger partial charge is 0.481 e. The van der Waals surface area contributed by atoms with Crippen LogP contribution in [0.3, 0.4) is 0 Å². The summed E-state index contributed by atoms with van der Waals surface area (Å²) in [5, 5.41) is 25.7. The number of aliphatic carboxylic acids is 3. The summed E-state index contributed by atoms with van der Waals surface area (Å²) in [6, 6.07) is 0. The number of carbonyl (C=O) groups is 3. The van der Waals surface area contributed by atoms with Gasteiger partial charge in [0.05, 0.1) is 0 Å². The van der Waals surface area contributed by atoms with Gasteiger partial charge in [0.25, 0.3) is 0 Å². The lowest BCUT2D eigenvalue weighted by Gasteiger charge is -2.02. The van der Waals surface area contributed by atoms with Crippen LogP contribution in [0.2, 0.25) is 0 Å². The Balaban J connectivity index is 3.98. The van der Waals surface area contributed by atoms with Crippen LogP contribution in [0.5, 0.6) is 0 Å². The average molecular weight is 258 g/mol. The highest BCUT2D eigenvalue weighted by Crippen LogP contribution is 2.11. The fourth-order valence-electron chi connectivity index (χ4n) is 1.42. The van der Waals surface area contributed by atoms with Gasteiger partial charge in [-0.3, -0.25) is 9.59 Å². The Labute approximate surface area is 105 Å². The molecule has 0 saturated heterocycles. The number of allylic oxidation sites excluding steroid dienone is 1. The van der Waals surface area contributed by atoms with Crippen LogP contribution in [0, 0.1) is 0 Å². The molecule has 3 N–H and O–H groups in total. The molecule has 0 aliphatic heterocycles. The number of carboxylic acids is 3. The van der Waals surface area contributed by atoms with Gasteiger partial charge >= 0.3 is 17.9 Å². The Hall–Kier alpha value is -1.85. The van der Waals surface area contributed by atoms with Crippen LogP contribution in [-0.4, -0.2) is 33.2 Å². The van der Waals surface area contributed by atoms with Gasteiger partial charge in [0.1, 0.15) is 0 Å². The van der Waals surface area contributed by atoms with Gasteiger partial charge in [-0.1, -0.05) is 6.08 Å². The molecule has 0 saturated carbocycles. The maximum absolute atomic E-state index is 10.9. The first-order chi connectivity index (χ1) is 8.43. The molecule has 0 unspecified atom stereocenters. The predicted octanol–water partition coefficient (Wildman–Crippen LogP) is 1.90. The Bertz CT molecular complexity index is 331. The minimum atomic E-state index is -1.03. The van der Waals surface area contributed by atoms with Crippen LogP contribution in [0.4, 0.5) is 0 Å². The molecule has 0 rings (SSSR count). The first-order valence-corrected chi connectivity index (χ1v) is 5.79. The molecule has 0 aliphatic carbocycles. The third kappa shape index (κ3) is 9.38. The second-order valence-corrected chi connectivity index (χ2v) is 3.92. The number of carboxylic acid groups (broad SMARTS) is 3. The van der Waals surface area contributed by atoms with Crippen molar-refractivity contribution in [3.63, 3.8) is 0 Å². The summed E-state index contributed by atoms with van der Waals surface area (Å²) in [6.45, 7) is 0. The monoisotopic (exact) mass is 258 g/mol. The van der Waals surface area contributed by atoms with Crippen LogP contribution < -0.4 is 0 Å². The van der Waals surface area contributed by atoms with Crippen LogP contribution in [0.1, 0.15) is 44.9 Å². The van der Waals surface area contributed by atoms with Crippen molar-refractivity contribution >= 4 is 17.9 Å². The highest BCUT2D eigenvalue weighted by molar-refractivity contribution is 5.86. The minimum absolute atomic E-state index is 0.0163. The summed E-state index contributed by atoms with van der Waals surface area (Å²) in [7, 11) is 0. The van der Waals surface area contributed by atoms with Gasteiger partial charge in [-0.25, -0.2) is 4.79 Å². The maximum Gasteiger partial charge on any atom is 0.331 e. The summed E-state index contributed by atoms with van der Waals surface area (Å²) in [4.78, 5) is 31.4. The number of hydrogen-bond acceptors (Lipinski definition) is 3. The molecule has 0 amide bonds. The van der Waals surface area contributed by atoms with Gasteiger partial charge in [0.15, 0.2) is 0 Å². The molecule has 0 heterocycles. The fraction of sp³-hybridized carbons (Fsp3) is 0.583. The summed E-state index contributed by atoms with van der Waals surface area (Å²) in [6.07, 6.45) is 3.64. The maximum atomic E-state index is 10.9. The molecular formula is C12H18O6. The van der Waals surface area contributed by atoms with Crippen molar-refractivity contribution in [3.8, 4) is 0 Å². The molecule has 0 aromatic rings. The van der Waals surface area contributed by atoms with Crippen molar-refractivity contribution in [1.82, 2.24) is 0 Å². The smallest absolute Gasteiger partial charge is 0.331 e. The molecule has 0 atom stereocenters. The average Bonchev–Trinajstić information content (AvgIpc) is 2.25. The molecule has 0 radical (unpaired) electrons. The van der Waals surface area contributed by atoms with Gasteiger partial charge in [0, 0.05) is 18.4 Å². The van der Waals surface area contributed by atoms with E-state index in [0.29, 0.717) is 32.1 Å². The molecule has 102 valence electrons. The quantitative estimate of drug-likeness (QED) is 0.407. The molecule has 0 bridgehead atoms. The Morgan fingerprint density at radius 3 is 1.78 bits per heavy atom. The van der Waals surface area contributed by atoms with E-state index in [4.69, 9.17) is 15.3 Å². The zero-order valence-electron chi connectivity index (χ0n) is 10.1. The normalized spacial score (nSPS) is 11.2. The van der Waals surface area contributed by atoms with Crippen molar-refractivity contribution < 1.29 is 29.7 Å². The zero-order valence-corrected chi connectivity index (χ0v) is 10.1. The second-order valence-electron chi connectivity index (χ2n) is 3.92. The molecule has 0 aromatic heterocycles. The van der Waals surface area contributed by atoms with Crippen molar-refractivity contribution in [1.29, 1.82) is 0 Å². The molecule has 0 aliphatic rings. The highest BCUT2D eigenvalue weighted by Gasteiger charge is 2.07. The predicted molar refractivity (Wildman–Crippen MR) is 63.3 cm³/mol. The number of rotatable bonds is 10. The second kappa shape index (κ2) is 9.21. The molecular weight excluding hydrogens is 240 g/mol. The van der Waals surface area contributed by atoms with E-state index in [9.17, 15) is 14.4 Å². The van der Waals surface area contributed by atoms with E-state index in [2.05, 4.69) is 0 Å². The van der Waals surface area contributed by atoms with Crippen LogP contribution in [-0.2, 0) is 14.4 Å². The van der Waals surface area contributed by atoms with E-state index in [-0.39, 0.29) is 18.4 Å². The molecule has 0 fully saturated rings. The SMILES string of the molecule is O=C(O)CCCC=C(CCCCC(=O)O)C(=O)O. The third-order valence-electron chi connectivity index (χ3n) is 2.35. The standard InChI is InChI=1S/C12H18O6/c13-10(14)7-3-1-5-9(12(17)18)6-2-4-8-11(15)16/h5H,1-4,6-8H2,(H,13,14)(H,15,16)(H,17,18). The van der Waals surface area contributed by atoms with Crippen molar-refractivity contribution in [3.05, 3.63) is 11.6 Å². The number of hydrogen-bond donors (Lipinski definition) is 3. The Morgan fingerprint density at radius 2 is 1.28 bits per heavy atom. The fourth-order valence-corrected chi connectivity index (χ4v) is 1.42. The summed E-state index contributed by atoms with van der Waals surface area (Å²) < 4.78 is 0. The lowest BCUT2D eigenvalue weighted by molar-refractivity contribution is -0.138. The van der Waals surface area contributed by atoms with Crippen LogP contribution in [0.15, 0.2) is 11.6 Å². The minimum Gasteiger partial charge on any atom is -0.481 e. The van der Waals surface area contributed by atoms with Gasteiger partial charge in [0.2, 0.25) is 0 Å². The molecule has 18 heavy (non-hydrogen) atoms. The highest BCUT2D eigenvalue weighted by atomic mass is 16.4. The van der Waals surface area contributed by atoms with E-state index in [1.54, 1.807) is 0 Å². The van der Waals surface area contributed by atoms with Crippen molar-refractivity contribution in [2.75, 3.05) is 0 Å². The molecule has 0 spiro atoms. The van der Waals surface area contributed by atoms with Crippen molar-refractivity contribution in [2.24, 2.45) is 0 Å². The Kier molecular flexibility index (Phi) is 8.26. The van der Waals surface area contributed by atoms with Crippen LogP contribution >= 0.6 is 0 Å². The molecule has 6 heteroatoms. The summed E-state index contributed by atoms with van der Waals surface area (Å²) in [5.41, 5.74) is 0.228. The summed E-state index contributed by atoms with van der Waals surface area (Å²) >= 11 is 0. The third-order valence-corrected chi connectivity index (χ3v) is 2.35.